The first kappa shape index (κ1) is 14.4. The van der Waals surface area contributed by atoms with Crippen LogP contribution in [0.3, 0.4) is 0 Å². The summed E-state index contributed by atoms with van der Waals surface area (Å²) in [7, 11) is 0. The van der Waals surface area contributed by atoms with Crippen LogP contribution < -0.4 is 5.32 Å². The average Bonchev–Trinajstić information content (AvgIpc) is 2.82. The molecule has 3 rings (SSSR count). The van der Waals surface area contributed by atoms with Gasteiger partial charge in [0.15, 0.2) is 11.6 Å². The third kappa shape index (κ3) is 3.23. The molecule has 0 amide bonds. The Morgan fingerprint density at radius 3 is 2.90 bits per heavy atom. The van der Waals surface area contributed by atoms with Gasteiger partial charge in [-0.2, -0.15) is 0 Å². The molecule has 0 saturated heterocycles. The molecule has 1 aliphatic carbocycles. The molecule has 114 valence electrons. The zero-order valence-electron chi connectivity index (χ0n) is 12.3. The van der Waals surface area contributed by atoms with E-state index < -0.39 is 11.6 Å². The molecule has 1 saturated carbocycles. The standard InChI is InChI=1S/C16H21F2N3/c1-11-3-2-4-12(7-11)19-5-6-21-10-20-15-8-13(17)14(18)9-16(15)21/h8-12,19H,2-7H2,1H3. The first-order valence-corrected chi connectivity index (χ1v) is 7.67. The lowest BCUT2D eigenvalue weighted by atomic mass is 9.87. The van der Waals surface area contributed by atoms with Crippen LogP contribution in [0.25, 0.3) is 11.0 Å². The molecule has 1 heterocycles. The highest BCUT2D eigenvalue weighted by Crippen LogP contribution is 2.23. The molecular weight excluding hydrogens is 272 g/mol. The minimum Gasteiger partial charge on any atom is -0.329 e. The normalized spacial score (nSPS) is 22.8. The lowest BCUT2D eigenvalue weighted by Crippen LogP contribution is -2.35. The van der Waals surface area contributed by atoms with Gasteiger partial charge in [0.2, 0.25) is 0 Å². The molecule has 0 radical (unpaired) electrons. The lowest BCUT2D eigenvalue weighted by molar-refractivity contribution is 0.299. The van der Waals surface area contributed by atoms with Crippen LogP contribution in [0.4, 0.5) is 8.78 Å². The van der Waals surface area contributed by atoms with Gasteiger partial charge in [0.05, 0.1) is 17.4 Å². The maximum atomic E-state index is 13.3. The third-order valence-corrected chi connectivity index (χ3v) is 4.39. The van der Waals surface area contributed by atoms with E-state index in [-0.39, 0.29) is 0 Å². The van der Waals surface area contributed by atoms with E-state index in [1.54, 1.807) is 6.33 Å². The van der Waals surface area contributed by atoms with Crippen molar-refractivity contribution in [3.63, 3.8) is 0 Å². The van der Waals surface area contributed by atoms with Crippen LogP contribution in [-0.4, -0.2) is 22.1 Å². The Morgan fingerprint density at radius 1 is 1.29 bits per heavy atom. The average molecular weight is 293 g/mol. The fraction of sp³-hybridized carbons (Fsp3) is 0.562. The maximum Gasteiger partial charge on any atom is 0.161 e. The van der Waals surface area contributed by atoms with Crippen LogP contribution >= 0.6 is 0 Å². The van der Waals surface area contributed by atoms with E-state index in [1.165, 1.54) is 31.7 Å². The van der Waals surface area contributed by atoms with E-state index in [0.29, 0.717) is 23.6 Å². The van der Waals surface area contributed by atoms with Crippen molar-refractivity contribution in [1.82, 2.24) is 14.9 Å². The van der Waals surface area contributed by atoms with Crippen molar-refractivity contribution in [1.29, 1.82) is 0 Å². The van der Waals surface area contributed by atoms with Gasteiger partial charge in [-0.25, -0.2) is 13.8 Å². The molecule has 2 unspecified atom stereocenters. The minimum absolute atomic E-state index is 0.500. The Bertz CT molecular complexity index is 623. The van der Waals surface area contributed by atoms with Crippen LogP contribution in [0.15, 0.2) is 18.5 Å². The van der Waals surface area contributed by atoms with Gasteiger partial charge in [0.25, 0.3) is 0 Å². The van der Waals surface area contributed by atoms with Crippen LogP contribution in [0.1, 0.15) is 32.6 Å². The summed E-state index contributed by atoms with van der Waals surface area (Å²) in [6, 6.07) is 2.95. The SMILES string of the molecule is CC1CCCC(NCCn2cnc3cc(F)c(F)cc32)C1. The Labute approximate surface area is 123 Å². The second-order valence-corrected chi connectivity index (χ2v) is 6.12. The molecule has 0 bridgehead atoms. The third-order valence-electron chi connectivity index (χ3n) is 4.39. The van der Waals surface area contributed by atoms with Crippen molar-refractivity contribution in [2.24, 2.45) is 5.92 Å². The zero-order chi connectivity index (χ0) is 14.8. The largest absolute Gasteiger partial charge is 0.329 e. The van der Waals surface area contributed by atoms with Crippen molar-refractivity contribution in [3.8, 4) is 0 Å². The lowest BCUT2D eigenvalue weighted by Gasteiger charge is -2.27. The summed E-state index contributed by atoms with van der Waals surface area (Å²) in [5, 5.41) is 3.56. The Kier molecular flexibility index (Phi) is 4.19. The Morgan fingerprint density at radius 2 is 2.10 bits per heavy atom. The highest BCUT2D eigenvalue weighted by atomic mass is 19.2. The summed E-state index contributed by atoms with van der Waals surface area (Å²) in [5.41, 5.74) is 1.15. The smallest absolute Gasteiger partial charge is 0.161 e. The second-order valence-electron chi connectivity index (χ2n) is 6.12. The van der Waals surface area contributed by atoms with Crippen molar-refractivity contribution >= 4 is 11.0 Å². The van der Waals surface area contributed by atoms with E-state index >= 15 is 0 Å². The van der Waals surface area contributed by atoms with E-state index in [0.717, 1.165) is 18.5 Å². The van der Waals surface area contributed by atoms with Crippen LogP contribution in [0.5, 0.6) is 0 Å². The van der Waals surface area contributed by atoms with Crippen LogP contribution in [-0.2, 0) is 6.54 Å². The van der Waals surface area contributed by atoms with Gasteiger partial charge in [-0.05, 0) is 18.8 Å². The summed E-state index contributed by atoms with van der Waals surface area (Å²) >= 11 is 0. The number of aromatic nitrogens is 2. The number of nitrogens with one attached hydrogen (secondary N) is 1. The van der Waals surface area contributed by atoms with E-state index in [9.17, 15) is 8.78 Å². The number of fused-ring (bicyclic) bond motifs is 1. The number of hydrogen-bond donors (Lipinski definition) is 1. The van der Waals surface area contributed by atoms with E-state index in [4.69, 9.17) is 0 Å². The fourth-order valence-corrected chi connectivity index (χ4v) is 3.24. The van der Waals surface area contributed by atoms with Gasteiger partial charge in [-0.3, -0.25) is 0 Å². The molecule has 3 nitrogen and oxygen atoms in total. The fourth-order valence-electron chi connectivity index (χ4n) is 3.24. The molecule has 1 N–H and O–H groups in total. The highest BCUT2D eigenvalue weighted by molar-refractivity contribution is 5.75. The number of halogens is 2. The number of nitrogens with zero attached hydrogens (tertiary/aromatic N) is 2. The molecule has 1 aromatic carbocycles. The van der Waals surface area contributed by atoms with Crippen LogP contribution in [0.2, 0.25) is 0 Å². The predicted octanol–water partition coefficient (Wildman–Crippen LogP) is 3.48. The molecular formula is C16H21F2N3. The summed E-state index contributed by atoms with van der Waals surface area (Å²) < 4.78 is 28.4. The molecule has 2 atom stereocenters. The van der Waals surface area contributed by atoms with Gasteiger partial charge >= 0.3 is 0 Å². The number of benzene rings is 1. The summed E-state index contributed by atoms with van der Waals surface area (Å²) in [5.74, 6) is -0.872. The molecule has 1 aromatic heterocycles. The summed E-state index contributed by atoms with van der Waals surface area (Å²) in [6.07, 6.45) is 6.72. The summed E-state index contributed by atoms with van der Waals surface area (Å²) in [6.45, 7) is 3.84. The number of imidazole rings is 1. The van der Waals surface area contributed by atoms with Gasteiger partial charge in [0, 0.05) is 31.3 Å². The van der Waals surface area contributed by atoms with Gasteiger partial charge in [-0.1, -0.05) is 19.8 Å². The van der Waals surface area contributed by atoms with E-state index in [2.05, 4.69) is 17.2 Å². The summed E-state index contributed by atoms with van der Waals surface area (Å²) in [4.78, 5) is 4.13. The molecule has 2 aromatic rings. The molecule has 5 heteroatoms. The van der Waals surface area contributed by atoms with E-state index in [1.807, 2.05) is 4.57 Å². The predicted molar refractivity (Wildman–Crippen MR) is 79.1 cm³/mol. The molecule has 21 heavy (non-hydrogen) atoms. The minimum atomic E-state index is -0.845. The first-order chi connectivity index (χ1) is 10.1. The van der Waals surface area contributed by atoms with Crippen molar-refractivity contribution < 1.29 is 8.78 Å². The Balaban J connectivity index is 1.61. The van der Waals surface area contributed by atoms with Crippen LogP contribution in [0, 0.1) is 17.6 Å². The zero-order valence-corrected chi connectivity index (χ0v) is 12.3. The van der Waals surface area contributed by atoms with Gasteiger partial charge in [0.1, 0.15) is 0 Å². The van der Waals surface area contributed by atoms with Gasteiger partial charge in [-0.15, -0.1) is 0 Å². The molecule has 1 fully saturated rings. The Hall–Kier alpha value is -1.49. The highest BCUT2D eigenvalue weighted by Gasteiger charge is 2.18. The molecule has 0 spiro atoms. The van der Waals surface area contributed by atoms with Gasteiger partial charge < -0.3 is 9.88 Å². The monoisotopic (exact) mass is 293 g/mol. The first-order valence-electron chi connectivity index (χ1n) is 7.67. The molecule has 1 aliphatic rings. The number of hydrogen-bond acceptors (Lipinski definition) is 2. The second kappa shape index (κ2) is 6.10. The van der Waals surface area contributed by atoms with Crippen molar-refractivity contribution in [3.05, 3.63) is 30.1 Å². The topological polar surface area (TPSA) is 29.9 Å². The quantitative estimate of drug-likeness (QED) is 0.935. The van der Waals surface area contributed by atoms with Crippen molar-refractivity contribution in [2.75, 3.05) is 6.54 Å². The van der Waals surface area contributed by atoms with Crippen molar-refractivity contribution in [2.45, 2.75) is 45.2 Å². The molecule has 0 aliphatic heterocycles. The maximum absolute atomic E-state index is 13.3. The number of rotatable bonds is 4.